The van der Waals surface area contributed by atoms with E-state index < -0.39 is 0 Å². The highest BCUT2D eigenvalue weighted by atomic mass is 32.1. The molecule has 8 nitrogen and oxygen atoms in total. The smallest absolute Gasteiger partial charge is 0.274 e. The van der Waals surface area contributed by atoms with Crippen LogP contribution in [-0.2, 0) is 16.1 Å². The van der Waals surface area contributed by atoms with E-state index in [1.165, 1.54) is 18.3 Å². The molecule has 0 atom stereocenters. The van der Waals surface area contributed by atoms with Gasteiger partial charge in [0.05, 0.1) is 0 Å². The molecule has 1 fully saturated rings. The van der Waals surface area contributed by atoms with Gasteiger partial charge in [-0.25, -0.2) is 4.98 Å². The number of piperazine rings is 1. The molecule has 1 aliphatic rings. The first-order chi connectivity index (χ1) is 15.5. The van der Waals surface area contributed by atoms with Crippen LogP contribution in [0.15, 0.2) is 35.7 Å². The molecule has 1 aromatic carbocycles. The lowest BCUT2D eigenvalue weighted by atomic mass is 10.2. The number of nitrogens with zero attached hydrogens (tertiary/aromatic N) is 4. The van der Waals surface area contributed by atoms with Crippen LogP contribution in [0.2, 0.25) is 0 Å². The maximum Gasteiger partial charge on any atom is 0.274 e. The van der Waals surface area contributed by atoms with E-state index in [4.69, 9.17) is 0 Å². The number of aromatic nitrogens is 1. The lowest BCUT2D eigenvalue weighted by molar-refractivity contribution is -0.138. The topological polar surface area (TPSA) is 85.8 Å². The van der Waals surface area contributed by atoms with Crippen LogP contribution in [0.25, 0.3) is 0 Å². The van der Waals surface area contributed by atoms with Gasteiger partial charge < -0.3 is 20.0 Å². The molecule has 2 heterocycles. The second-order valence-electron chi connectivity index (χ2n) is 7.85. The number of carbonyl (C=O) groups is 3. The Morgan fingerprint density at radius 1 is 1.09 bits per heavy atom. The number of nitrogens with one attached hydrogen (secondary N) is 1. The number of hydrogen-bond acceptors (Lipinski definition) is 6. The SMILES string of the molecule is CCCCNc1nc(C(=O)N(CC(=O)N2CCN(C(C)=O)CC2)Cc2ccccc2)cs1. The summed E-state index contributed by atoms with van der Waals surface area (Å²) in [5, 5.41) is 5.70. The van der Waals surface area contributed by atoms with Crippen LogP contribution in [0.5, 0.6) is 0 Å². The monoisotopic (exact) mass is 457 g/mol. The summed E-state index contributed by atoms with van der Waals surface area (Å²) in [6.45, 7) is 6.78. The van der Waals surface area contributed by atoms with E-state index in [0.717, 1.165) is 24.9 Å². The van der Waals surface area contributed by atoms with E-state index in [1.807, 2.05) is 30.3 Å². The zero-order valence-electron chi connectivity index (χ0n) is 18.7. The standard InChI is InChI=1S/C23H31N5O3S/c1-3-4-10-24-23-25-20(17-32-23)22(31)28(15-19-8-6-5-7-9-19)16-21(30)27-13-11-26(12-14-27)18(2)29/h5-9,17H,3-4,10-16H2,1-2H3,(H,24,25). The molecular weight excluding hydrogens is 426 g/mol. The Morgan fingerprint density at radius 3 is 2.44 bits per heavy atom. The molecule has 0 radical (unpaired) electrons. The van der Waals surface area contributed by atoms with Crippen LogP contribution in [0.4, 0.5) is 5.13 Å². The molecule has 32 heavy (non-hydrogen) atoms. The first kappa shape index (κ1) is 23.7. The van der Waals surface area contributed by atoms with Crippen molar-refractivity contribution in [3.05, 3.63) is 47.0 Å². The van der Waals surface area contributed by atoms with Gasteiger partial charge in [-0.3, -0.25) is 14.4 Å². The molecule has 9 heteroatoms. The molecule has 1 aromatic heterocycles. The Balaban J connectivity index is 1.68. The molecule has 0 aliphatic carbocycles. The summed E-state index contributed by atoms with van der Waals surface area (Å²) >= 11 is 1.40. The minimum absolute atomic E-state index is 0.0184. The van der Waals surface area contributed by atoms with E-state index in [1.54, 1.807) is 20.1 Å². The Hall–Kier alpha value is -2.94. The van der Waals surface area contributed by atoms with Crippen LogP contribution in [-0.4, -0.2) is 76.7 Å². The van der Waals surface area contributed by atoms with Crippen molar-refractivity contribution in [2.75, 3.05) is 44.6 Å². The summed E-state index contributed by atoms with van der Waals surface area (Å²) in [5.74, 6) is -0.358. The number of rotatable bonds is 9. The van der Waals surface area contributed by atoms with E-state index in [0.29, 0.717) is 43.5 Å². The van der Waals surface area contributed by atoms with E-state index in [2.05, 4.69) is 17.2 Å². The van der Waals surface area contributed by atoms with Crippen molar-refractivity contribution < 1.29 is 14.4 Å². The van der Waals surface area contributed by atoms with Crippen molar-refractivity contribution in [3.8, 4) is 0 Å². The van der Waals surface area contributed by atoms with Crippen LogP contribution in [0, 0.1) is 0 Å². The highest BCUT2D eigenvalue weighted by Gasteiger charge is 2.27. The van der Waals surface area contributed by atoms with Crippen molar-refractivity contribution >= 4 is 34.2 Å². The van der Waals surface area contributed by atoms with E-state index in [-0.39, 0.29) is 24.3 Å². The first-order valence-corrected chi connectivity index (χ1v) is 11.9. The summed E-state index contributed by atoms with van der Waals surface area (Å²) in [6.07, 6.45) is 2.12. The van der Waals surface area contributed by atoms with Crippen molar-refractivity contribution in [2.45, 2.75) is 33.2 Å². The van der Waals surface area contributed by atoms with Crippen LogP contribution >= 0.6 is 11.3 Å². The average Bonchev–Trinajstić information content (AvgIpc) is 3.28. The van der Waals surface area contributed by atoms with E-state index in [9.17, 15) is 14.4 Å². The summed E-state index contributed by atoms with van der Waals surface area (Å²) in [6, 6.07) is 9.63. The Morgan fingerprint density at radius 2 is 1.78 bits per heavy atom. The summed E-state index contributed by atoms with van der Waals surface area (Å²) in [4.78, 5) is 47.3. The second-order valence-corrected chi connectivity index (χ2v) is 8.71. The minimum Gasteiger partial charge on any atom is -0.362 e. The number of anilines is 1. The molecule has 1 N–H and O–H groups in total. The predicted molar refractivity (Wildman–Crippen MR) is 126 cm³/mol. The van der Waals surface area contributed by atoms with Gasteiger partial charge in [-0.05, 0) is 12.0 Å². The fourth-order valence-corrected chi connectivity index (χ4v) is 4.24. The quantitative estimate of drug-likeness (QED) is 0.585. The Labute approximate surface area is 193 Å². The van der Waals surface area contributed by atoms with Crippen LogP contribution in [0.1, 0.15) is 42.7 Å². The number of hydrogen-bond donors (Lipinski definition) is 1. The lowest BCUT2D eigenvalue weighted by Crippen LogP contribution is -2.52. The van der Waals surface area contributed by atoms with Gasteiger partial charge in [-0.1, -0.05) is 43.7 Å². The van der Waals surface area contributed by atoms with Gasteiger partial charge in [-0.15, -0.1) is 11.3 Å². The fraction of sp³-hybridized carbons (Fsp3) is 0.478. The van der Waals surface area contributed by atoms with Crippen molar-refractivity contribution in [3.63, 3.8) is 0 Å². The molecular formula is C23H31N5O3S. The molecule has 1 saturated heterocycles. The third kappa shape index (κ3) is 6.53. The first-order valence-electron chi connectivity index (χ1n) is 11.0. The Kier molecular flexibility index (Phi) is 8.61. The minimum atomic E-state index is -0.260. The molecule has 0 saturated carbocycles. The maximum absolute atomic E-state index is 13.3. The summed E-state index contributed by atoms with van der Waals surface area (Å²) in [5.41, 5.74) is 1.30. The fourth-order valence-electron chi connectivity index (χ4n) is 3.52. The third-order valence-corrected chi connectivity index (χ3v) is 6.24. The zero-order valence-corrected chi connectivity index (χ0v) is 19.6. The van der Waals surface area contributed by atoms with Gasteiger partial charge in [-0.2, -0.15) is 0 Å². The molecule has 2 aromatic rings. The zero-order chi connectivity index (χ0) is 22.9. The second kappa shape index (κ2) is 11.6. The van der Waals surface area contributed by atoms with Crippen LogP contribution in [0.3, 0.4) is 0 Å². The number of unbranched alkanes of at least 4 members (excludes halogenated alkanes) is 1. The van der Waals surface area contributed by atoms with Gasteiger partial charge in [0.2, 0.25) is 11.8 Å². The number of amides is 3. The highest BCUT2D eigenvalue weighted by Crippen LogP contribution is 2.18. The van der Waals surface area contributed by atoms with Crippen molar-refractivity contribution in [1.29, 1.82) is 0 Å². The lowest BCUT2D eigenvalue weighted by Gasteiger charge is -2.35. The van der Waals surface area contributed by atoms with Gasteiger partial charge in [0.25, 0.3) is 5.91 Å². The number of carbonyl (C=O) groups excluding carboxylic acids is 3. The van der Waals surface area contributed by atoms with Crippen molar-refractivity contribution in [2.24, 2.45) is 0 Å². The summed E-state index contributed by atoms with van der Waals surface area (Å²) in [7, 11) is 0. The molecule has 0 unspecified atom stereocenters. The molecule has 172 valence electrons. The number of thiazole rings is 1. The maximum atomic E-state index is 13.3. The normalized spacial score (nSPS) is 13.7. The molecule has 3 amide bonds. The summed E-state index contributed by atoms with van der Waals surface area (Å²) < 4.78 is 0. The third-order valence-electron chi connectivity index (χ3n) is 5.44. The van der Waals surface area contributed by atoms with Crippen LogP contribution < -0.4 is 5.32 Å². The molecule has 0 spiro atoms. The molecule has 3 rings (SSSR count). The van der Waals surface area contributed by atoms with Crippen molar-refractivity contribution in [1.82, 2.24) is 19.7 Å². The highest BCUT2D eigenvalue weighted by molar-refractivity contribution is 7.13. The molecule has 0 bridgehead atoms. The van der Waals surface area contributed by atoms with Gasteiger partial charge in [0, 0.05) is 51.6 Å². The van der Waals surface area contributed by atoms with E-state index >= 15 is 0 Å². The number of benzene rings is 1. The Bertz CT molecular complexity index is 909. The predicted octanol–water partition coefficient (Wildman–Crippen LogP) is 2.69. The van der Waals surface area contributed by atoms with Gasteiger partial charge >= 0.3 is 0 Å². The van der Waals surface area contributed by atoms with Gasteiger partial charge in [0.1, 0.15) is 12.2 Å². The van der Waals surface area contributed by atoms with Gasteiger partial charge in [0.15, 0.2) is 5.13 Å². The molecule has 1 aliphatic heterocycles. The average molecular weight is 458 g/mol. The largest absolute Gasteiger partial charge is 0.362 e.